The second-order valence-electron chi connectivity index (χ2n) is 4.36. The van der Waals surface area contributed by atoms with Gasteiger partial charge < -0.3 is 9.64 Å². The average Bonchev–Trinajstić information content (AvgIpc) is 2.28. The summed E-state index contributed by atoms with van der Waals surface area (Å²) >= 11 is 0. The summed E-state index contributed by atoms with van der Waals surface area (Å²) in [5.74, 6) is 3.30. The lowest BCUT2D eigenvalue weighted by molar-refractivity contribution is -0.135. The molecule has 1 aliphatic rings. The van der Waals surface area contributed by atoms with Crippen LogP contribution in [0.15, 0.2) is 18.2 Å². The van der Waals surface area contributed by atoms with E-state index in [1.165, 1.54) is 0 Å². The lowest BCUT2D eigenvalue weighted by atomic mass is 9.94. The van der Waals surface area contributed by atoms with E-state index in [-0.39, 0.29) is 11.9 Å². The van der Waals surface area contributed by atoms with Crippen LogP contribution in [0.25, 0.3) is 0 Å². The molecule has 0 bridgehead atoms. The number of ether oxygens (including phenoxy) is 1. The largest absolute Gasteiger partial charge is 0.426 e. The van der Waals surface area contributed by atoms with Gasteiger partial charge in [-0.15, -0.1) is 6.42 Å². The summed E-state index contributed by atoms with van der Waals surface area (Å²) in [7, 11) is 1.91. The van der Waals surface area contributed by atoms with Crippen LogP contribution < -0.4 is 9.64 Å². The molecule has 3 heteroatoms. The van der Waals surface area contributed by atoms with E-state index in [1.54, 1.807) is 0 Å². The maximum Gasteiger partial charge on any atom is 0.311 e. The third-order valence-electron chi connectivity index (χ3n) is 2.99. The maximum atomic E-state index is 11.4. The molecule has 1 unspecified atom stereocenters. The van der Waals surface area contributed by atoms with Gasteiger partial charge in [-0.1, -0.05) is 18.9 Å². The first-order valence-electron chi connectivity index (χ1n) is 5.61. The van der Waals surface area contributed by atoms with Crippen LogP contribution in [0.3, 0.4) is 0 Å². The molecule has 0 saturated heterocycles. The lowest BCUT2D eigenvalue weighted by Gasteiger charge is -2.24. The van der Waals surface area contributed by atoms with Gasteiger partial charge in [-0.2, -0.15) is 0 Å². The lowest BCUT2D eigenvalue weighted by Crippen LogP contribution is -2.21. The Bertz CT molecular complexity index is 487. The van der Waals surface area contributed by atoms with Crippen LogP contribution in [0.2, 0.25) is 0 Å². The Morgan fingerprint density at radius 3 is 3.06 bits per heavy atom. The summed E-state index contributed by atoms with van der Waals surface area (Å²) in [5.41, 5.74) is 2.05. The number of rotatable bonds is 2. The molecule has 17 heavy (non-hydrogen) atoms. The molecule has 0 aromatic heterocycles. The summed E-state index contributed by atoms with van der Waals surface area (Å²) in [5, 5.41) is 0. The van der Waals surface area contributed by atoms with Crippen LogP contribution in [-0.4, -0.2) is 19.6 Å². The van der Waals surface area contributed by atoms with Crippen molar-refractivity contribution in [1.82, 2.24) is 0 Å². The molecule has 0 amide bonds. The Morgan fingerprint density at radius 2 is 2.35 bits per heavy atom. The van der Waals surface area contributed by atoms with E-state index in [0.717, 1.165) is 11.3 Å². The summed E-state index contributed by atoms with van der Waals surface area (Å²) in [6.45, 7) is 2.56. The van der Waals surface area contributed by atoms with Crippen LogP contribution in [-0.2, 0) is 4.79 Å². The number of esters is 1. The Labute approximate surface area is 101 Å². The highest BCUT2D eigenvalue weighted by atomic mass is 16.5. The van der Waals surface area contributed by atoms with Gasteiger partial charge >= 0.3 is 5.97 Å². The van der Waals surface area contributed by atoms with E-state index >= 15 is 0 Å². The van der Waals surface area contributed by atoms with Crippen molar-refractivity contribution in [1.29, 1.82) is 0 Å². The molecule has 88 valence electrons. The van der Waals surface area contributed by atoms with Crippen molar-refractivity contribution in [2.45, 2.75) is 19.3 Å². The van der Waals surface area contributed by atoms with Gasteiger partial charge in [0.1, 0.15) is 5.75 Å². The van der Waals surface area contributed by atoms with Crippen molar-refractivity contribution in [3.05, 3.63) is 23.8 Å². The predicted octanol–water partition coefficient (Wildman–Crippen LogP) is 2.17. The van der Waals surface area contributed by atoms with Crippen molar-refractivity contribution in [3.8, 4) is 18.1 Å². The summed E-state index contributed by atoms with van der Waals surface area (Å²) in [4.78, 5) is 13.3. The number of fused-ring (bicyclic) bond motifs is 1. The van der Waals surface area contributed by atoms with Crippen LogP contribution in [0, 0.1) is 12.3 Å². The molecule has 1 aliphatic heterocycles. The molecular formula is C14H15NO2. The highest BCUT2D eigenvalue weighted by Gasteiger charge is 2.24. The Morgan fingerprint density at radius 1 is 1.59 bits per heavy atom. The van der Waals surface area contributed by atoms with Crippen molar-refractivity contribution in [2.75, 3.05) is 18.5 Å². The quantitative estimate of drug-likeness (QED) is 0.442. The number of carbonyl (C=O) groups is 1. The molecule has 1 aromatic carbocycles. The molecule has 0 saturated carbocycles. The highest BCUT2D eigenvalue weighted by molar-refractivity contribution is 5.77. The molecule has 0 spiro atoms. The predicted molar refractivity (Wildman–Crippen MR) is 67.2 cm³/mol. The molecule has 0 aliphatic carbocycles. The molecule has 1 aromatic rings. The third kappa shape index (κ3) is 2.26. The first kappa shape index (κ1) is 11.5. The van der Waals surface area contributed by atoms with Gasteiger partial charge in [0, 0.05) is 18.8 Å². The number of anilines is 1. The highest BCUT2D eigenvalue weighted by Crippen LogP contribution is 2.36. The van der Waals surface area contributed by atoms with Gasteiger partial charge in [0.2, 0.25) is 0 Å². The van der Waals surface area contributed by atoms with Crippen molar-refractivity contribution < 1.29 is 9.53 Å². The Kier molecular flexibility index (Phi) is 3.06. The van der Waals surface area contributed by atoms with Gasteiger partial charge in [0.25, 0.3) is 0 Å². The van der Waals surface area contributed by atoms with Crippen LogP contribution in [0.4, 0.5) is 5.69 Å². The summed E-state index contributed by atoms with van der Waals surface area (Å²) in [6, 6.07) is 5.89. The Balaban J connectivity index is 2.34. The van der Waals surface area contributed by atoms with E-state index in [1.807, 2.05) is 37.1 Å². The number of benzene rings is 1. The fraction of sp³-hybridized carbons (Fsp3) is 0.357. The zero-order valence-corrected chi connectivity index (χ0v) is 10.1. The Hall–Kier alpha value is -1.95. The van der Waals surface area contributed by atoms with E-state index in [0.29, 0.717) is 18.7 Å². The second kappa shape index (κ2) is 4.50. The SMILES string of the molecule is C#CCN(C)c1ccc2c(c1)OC(=O)CC2C. The van der Waals surface area contributed by atoms with Crippen molar-refractivity contribution in [3.63, 3.8) is 0 Å². The first-order chi connectivity index (χ1) is 8.11. The zero-order valence-electron chi connectivity index (χ0n) is 10.1. The van der Waals surface area contributed by atoms with Gasteiger partial charge in [0.15, 0.2) is 0 Å². The smallest absolute Gasteiger partial charge is 0.311 e. The number of hydrogen-bond donors (Lipinski definition) is 0. The molecule has 0 N–H and O–H groups in total. The zero-order chi connectivity index (χ0) is 12.4. The molecule has 2 rings (SSSR count). The van der Waals surface area contributed by atoms with Crippen molar-refractivity contribution in [2.24, 2.45) is 0 Å². The summed E-state index contributed by atoms with van der Waals surface area (Å²) < 4.78 is 5.25. The standard InChI is InChI=1S/C14H15NO2/c1-4-7-15(3)11-5-6-12-10(2)8-14(16)17-13(12)9-11/h1,5-6,9-10H,7-8H2,2-3H3. The minimum absolute atomic E-state index is 0.165. The number of terminal acetylenes is 1. The second-order valence-corrected chi connectivity index (χ2v) is 4.36. The molecular weight excluding hydrogens is 214 g/mol. The first-order valence-corrected chi connectivity index (χ1v) is 5.61. The molecule has 3 nitrogen and oxygen atoms in total. The van der Waals surface area contributed by atoms with Gasteiger partial charge in [-0.25, -0.2) is 0 Å². The fourth-order valence-electron chi connectivity index (χ4n) is 2.01. The number of hydrogen-bond acceptors (Lipinski definition) is 3. The van der Waals surface area contributed by atoms with E-state index < -0.39 is 0 Å². The van der Waals surface area contributed by atoms with E-state index in [9.17, 15) is 4.79 Å². The molecule has 0 fully saturated rings. The van der Waals surface area contributed by atoms with Crippen molar-refractivity contribution >= 4 is 11.7 Å². The minimum Gasteiger partial charge on any atom is -0.426 e. The molecule has 1 atom stereocenters. The maximum absolute atomic E-state index is 11.4. The topological polar surface area (TPSA) is 29.5 Å². The number of carbonyl (C=O) groups excluding carboxylic acids is 1. The van der Waals surface area contributed by atoms with Crippen LogP contribution >= 0.6 is 0 Å². The third-order valence-corrected chi connectivity index (χ3v) is 2.99. The van der Waals surface area contributed by atoms with Gasteiger partial charge in [-0.05, 0) is 17.5 Å². The average molecular weight is 229 g/mol. The van der Waals surface area contributed by atoms with Crippen LogP contribution in [0.1, 0.15) is 24.8 Å². The van der Waals surface area contributed by atoms with Gasteiger partial charge in [0.05, 0.1) is 13.0 Å². The molecule has 1 heterocycles. The number of nitrogens with zero attached hydrogens (tertiary/aromatic N) is 1. The minimum atomic E-state index is -0.165. The van der Waals surface area contributed by atoms with Gasteiger partial charge in [-0.3, -0.25) is 4.79 Å². The van der Waals surface area contributed by atoms with E-state index in [2.05, 4.69) is 5.92 Å². The fourth-order valence-corrected chi connectivity index (χ4v) is 2.01. The molecule has 0 radical (unpaired) electrons. The van der Waals surface area contributed by atoms with E-state index in [4.69, 9.17) is 11.2 Å². The van der Waals surface area contributed by atoms with Crippen LogP contribution in [0.5, 0.6) is 5.75 Å². The summed E-state index contributed by atoms with van der Waals surface area (Å²) in [6.07, 6.45) is 5.72. The normalized spacial score (nSPS) is 17.9. The monoisotopic (exact) mass is 229 g/mol.